The van der Waals surface area contributed by atoms with Gasteiger partial charge < -0.3 is 14.1 Å². The maximum Gasteiger partial charge on any atom is 0.289 e. The van der Waals surface area contributed by atoms with E-state index in [1.165, 1.54) is 0 Å². The van der Waals surface area contributed by atoms with Gasteiger partial charge in [0.1, 0.15) is 18.1 Å². The molecule has 1 aromatic heterocycles. The zero-order chi connectivity index (χ0) is 17.6. The molecule has 0 saturated heterocycles. The molecule has 0 radical (unpaired) electrons. The van der Waals surface area contributed by atoms with E-state index in [0.29, 0.717) is 18.1 Å². The molecule has 3 rings (SSSR count). The Morgan fingerprint density at radius 2 is 1.76 bits per heavy atom. The number of hydrogen-bond acceptors (Lipinski definition) is 3. The molecule has 0 N–H and O–H groups in total. The molecule has 0 unspecified atom stereocenters. The second-order valence-corrected chi connectivity index (χ2v) is 6.47. The van der Waals surface area contributed by atoms with E-state index in [1.54, 1.807) is 24.1 Å². The van der Waals surface area contributed by atoms with Gasteiger partial charge in [0.25, 0.3) is 5.91 Å². The molecule has 3 aromatic rings. The Bertz CT molecular complexity index is 845. The SMILES string of the molecule is CN(Cc1ccccc1Br)C(=O)c1ccc(COc2ccccc2)o1. The molecule has 1 amide bonds. The first-order chi connectivity index (χ1) is 12.1. The fraction of sp³-hybridized carbons (Fsp3) is 0.150. The van der Waals surface area contributed by atoms with E-state index < -0.39 is 0 Å². The lowest BCUT2D eigenvalue weighted by Crippen LogP contribution is -2.25. The first-order valence-electron chi connectivity index (χ1n) is 7.89. The highest BCUT2D eigenvalue weighted by molar-refractivity contribution is 9.10. The molecule has 1 heterocycles. The van der Waals surface area contributed by atoms with E-state index in [4.69, 9.17) is 9.15 Å². The summed E-state index contributed by atoms with van der Waals surface area (Å²) < 4.78 is 12.2. The van der Waals surface area contributed by atoms with Crippen molar-refractivity contribution in [2.75, 3.05) is 7.05 Å². The van der Waals surface area contributed by atoms with Gasteiger partial charge >= 0.3 is 0 Å². The molecule has 4 nitrogen and oxygen atoms in total. The summed E-state index contributed by atoms with van der Waals surface area (Å²) >= 11 is 3.50. The van der Waals surface area contributed by atoms with Gasteiger partial charge in [-0.25, -0.2) is 0 Å². The quantitative estimate of drug-likeness (QED) is 0.592. The van der Waals surface area contributed by atoms with Crippen molar-refractivity contribution >= 4 is 21.8 Å². The van der Waals surface area contributed by atoms with Crippen molar-refractivity contribution in [3.8, 4) is 5.75 Å². The van der Waals surface area contributed by atoms with Crippen LogP contribution in [0.5, 0.6) is 5.75 Å². The number of carbonyl (C=O) groups is 1. The van der Waals surface area contributed by atoms with Crippen molar-refractivity contribution in [3.63, 3.8) is 0 Å². The molecule has 0 spiro atoms. The zero-order valence-electron chi connectivity index (χ0n) is 13.8. The molecular weight excluding hydrogens is 382 g/mol. The predicted molar refractivity (Wildman–Crippen MR) is 99.4 cm³/mol. The van der Waals surface area contributed by atoms with Crippen molar-refractivity contribution in [2.45, 2.75) is 13.2 Å². The Morgan fingerprint density at radius 1 is 1.04 bits per heavy atom. The number of ether oxygens (including phenoxy) is 1. The zero-order valence-corrected chi connectivity index (χ0v) is 15.4. The average molecular weight is 400 g/mol. The molecular formula is C20H18BrNO3. The Balaban J connectivity index is 1.61. The average Bonchev–Trinajstić information content (AvgIpc) is 3.11. The maximum atomic E-state index is 12.5. The standard InChI is InChI=1S/C20H18BrNO3/c1-22(13-15-7-5-6-10-18(15)21)20(23)19-12-11-17(25-19)14-24-16-8-3-2-4-9-16/h2-12H,13-14H2,1H3. The second-order valence-electron chi connectivity index (χ2n) is 5.62. The van der Waals surface area contributed by atoms with Crippen molar-refractivity contribution in [1.29, 1.82) is 0 Å². The van der Waals surface area contributed by atoms with Crippen molar-refractivity contribution in [2.24, 2.45) is 0 Å². The van der Waals surface area contributed by atoms with Gasteiger partial charge in [-0.1, -0.05) is 52.3 Å². The Kier molecular flexibility index (Phi) is 5.56. The molecule has 128 valence electrons. The number of rotatable bonds is 6. The number of hydrogen-bond donors (Lipinski definition) is 0. The topological polar surface area (TPSA) is 42.7 Å². The Morgan fingerprint density at radius 3 is 2.52 bits per heavy atom. The van der Waals surface area contributed by atoms with Gasteiger partial charge in [-0.2, -0.15) is 0 Å². The Hall–Kier alpha value is -2.53. The molecule has 0 saturated carbocycles. The minimum absolute atomic E-state index is 0.165. The van der Waals surface area contributed by atoms with Gasteiger partial charge in [0, 0.05) is 18.1 Å². The monoisotopic (exact) mass is 399 g/mol. The van der Waals surface area contributed by atoms with Crippen molar-refractivity contribution in [3.05, 3.63) is 88.3 Å². The lowest BCUT2D eigenvalue weighted by molar-refractivity contribution is 0.0749. The molecule has 0 bridgehead atoms. The second kappa shape index (κ2) is 8.03. The summed E-state index contributed by atoms with van der Waals surface area (Å²) in [5.41, 5.74) is 1.04. The van der Waals surface area contributed by atoms with E-state index in [-0.39, 0.29) is 12.5 Å². The first-order valence-corrected chi connectivity index (χ1v) is 8.68. The van der Waals surface area contributed by atoms with E-state index in [0.717, 1.165) is 15.8 Å². The number of furan rings is 1. The van der Waals surface area contributed by atoms with Crippen molar-refractivity contribution in [1.82, 2.24) is 4.90 Å². The molecule has 25 heavy (non-hydrogen) atoms. The molecule has 0 aliphatic rings. The van der Waals surface area contributed by atoms with Gasteiger partial charge in [-0.15, -0.1) is 0 Å². The number of halogens is 1. The van der Waals surface area contributed by atoms with Gasteiger partial charge in [0.05, 0.1) is 0 Å². The molecule has 0 aliphatic carbocycles. The largest absolute Gasteiger partial charge is 0.486 e. The molecule has 2 aromatic carbocycles. The van der Waals surface area contributed by atoms with Crippen LogP contribution in [0.3, 0.4) is 0 Å². The third-order valence-corrected chi connectivity index (χ3v) is 4.48. The van der Waals surface area contributed by atoms with E-state index in [2.05, 4.69) is 15.9 Å². The highest BCUT2D eigenvalue weighted by Gasteiger charge is 2.17. The third-order valence-electron chi connectivity index (χ3n) is 3.71. The minimum Gasteiger partial charge on any atom is -0.486 e. The highest BCUT2D eigenvalue weighted by atomic mass is 79.9. The highest BCUT2D eigenvalue weighted by Crippen LogP contribution is 2.19. The first kappa shape index (κ1) is 17.3. The summed E-state index contributed by atoms with van der Waals surface area (Å²) in [6.07, 6.45) is 0. The minimum atomic E-state index is -0.165. The van der Waals surface area contributed by atoms with Crippen LogP contribution in [0.15, 0.2) is 75.6 Å². The molecule has 0 atom stereocenters. The van der Waals surface area contributed by atoms with E-state index in [9.17, 15) is 4.79 Å². The fourth-order valence-electron chi connectivity index (χ4n) is 2.38. The van der Waals surface area contributed by atoms with Crippen LogP contribution in [0.1, 0.15) is 21.9 Å². The predicted octanol–water partition coefficient (Wildman–Crippen LogP) is 4.89. The summed E-state index contributed by atoms with van der Waals surface area (Å²) in [6, 6.07) is 20.8. The maximum absolute atomic E-state index is 12.5. The van der Waals surface area contributed by atoms with Gasteiger partial charge in [-0.05, 0) is 35.9 Å². The van der Waals surface area contributed by atoms with Crippen LogP contribution < -0.4 is 4.74 Å². The molecule has 5 heteroatoms. The van der Waals surface area contributed by atoms with Crippen LogP contribution in [-0.4, -0.2) is 17.9 Å². The van der Waals surface area contributed by atoms with Gasteiger partial charge in [0.2, 0.25) is 0 Å². The van der Waals surface area contributed by atoms with Crippen LogP contribution in [0.2, 0.25) is 0 Å². The van der Waals surface area contributed by atoms with Crippen LogP contribution in [-0.2, 0) is 13.2 Å². The summed E-state index contributed by atoms with van der Waals surface area (Å²) in [5.74, 6) is 1.52. The van der Waals surface area contributed by atoms with Gasteiger partial charge in [-0.3, -0.25) is 4.79 Å². The summed E-state index contributed by atoms with van der Waals surface area (Å²) in [4.78, 5) is 14.1. The van der Waals surface area contributed by atoms with Crippen LogP contribution in [0, 0.1) is 0 Å². The van der Waals surface area contributed by atoms with Crippen LogP contribution >= 0.6 is 15.9 Å². The number of amides is 1. The number of carbonyl (C=O) groups excluding carboxylic acids is 1. The number of nitrogens with zero attached hydrogens (tertiary/aromatic N) is 1. The molecule has 0 aliphatic heterocycles. The molecule has 0 fully saturated rings. The third kappa shape index (κ3) is 4.51. The summed E-state index contributed by atoms with van der Waals surface area (Å²) in [5, 5.41) is 0. The lowest BCUT2D eigenvalue weighted by atomic mass is 10.2. The van der Waals surface area contributed by atoms with E-state index >= 15 is 0 Å². The van der Waals surface area contributed by atoms with Crippen LogP contribution in [0.4, 0.5) is 0 Å². The van der Waals surface area contributed by atoms with Crippen molar-refractivity contribution < 1.29 is 13.9 Å². The fourth-order valence-corrected chi connectivity index (χ4v) is 2.79. The summed E-state index contributed by atoms with van der Waals surface area (Å²) in [6.45, 7) is 0.780. The van der Waals surface area contributed by atoms with Crippen LogP contribution in [0.25, 0.3) is 0 Å². The number of para-hydroxylation sites is 1. The summed E-state index contributed by atoms with van der Waals surface area (Å²) in [7, 11) is 1.75. The van der Waals surface area contributed by atoms with Gasteiger partial charge in [0.15, 0.2) is 5.76 Å². The lowest BCUT2D eigenvalue weighted by Gasteiger charge is -2.16. The normalized spacial score (nSPS) is 10.5. The number of benzene rings is 2. The Labute approximate surface area is 155 Å². The smallest absolute Gasteiger partial charge is 0.289 e. The van der Waals surface area contributed by atoms with E-state index in [1.807, 2.05) is 54.6 Å².